The number of halogens is 1. The molecule has 0 atom stereocenters. The van der Waals surface area contributed by atoms with Crippen molar-refractivity contribution in [2.24, 2.45) is 0 Å². The van der Waals surface area contributed by atoms with Crippen LogP contribution >= 0.6 is 22.9 Å². The summed E-state index contributed by atoms with van der Waals surface area (Å²) in [6.45, 7) is 1.49. The van der Waals surface area contributed by atoms with Crippen LogP contribution in [0.2, 0.25) is 5.02 Å². The van der Waals surface area contributed by atoms with E-state index in [1.807, 2.05) is 35.7 Å². The maximum atomic E-state index is 12.0. The number of thiophene rings is 1. The quantitative estimate of drug-likeness (QED) is 0.329. The zero-order chi connectivity index (χ0) is 20.8. The van der Waals surface area contributed by atoms with Crippen molar-refractivity contribution in [2.75, 3.05) is 6.54 Å². The van der Waals surface area contributed by atoms with Gasteiger partial charge in [-0.15, -0.1) is 11.3 Å². The van der Waals surface area contributed by atoms with E-state index in [1.165, 1.54) is 16.9 Å². The fourth-order valence-corrected chi connectivity index (χ4v) is 4.31. The Morgan fingerprint density at radius 2 is 1.83 bits per heavy atom. The van der Waals surface area contributed by atoms with Crippen LogP contribution < -0.4 is 5.32 Å². The van der Waals surface area contributed by atoms with Gasteiger partial charge in [0.25, 0.3) is 5.91 Å². The van der Waals surface area contributed by atoms with Crippen LogP contribution in [0.3, 0.4) is 0 Å². The van der Waals surface area contributed by atoms with Gasteiger partial charge in [-0.3, -0.25) is 4.79 Å². The predicted molar refractivity (Wildman–Crippen MR) is 124 cm³/mol. The lowest BCUT2D eigenvalue weighted by Crippen LogP contribution is -2.23. The van der Waals surface area contributed by atoms with E-state index in [4.69, 9.17) is 16.6 Å². The molecular weight excluding hydrogens is 414 g/mol. The Morgan fingerprint density at radius 3 is 2.63 bits per heavy atom. The molecule has 4 nitrogen and oxygen atoms in total. The molecule has 0 fully saturated rings. The smallest absolute Gasteiger partial charge is 0.261 e. The number of aromatic nitrogens is 2. The number of unbranched alkanes of at least 4 members (excludes halogenated alkanes) is 2. The van der Waals surface area contributed by atoms with Gasteiger partial charge in [0.1, 0.15) is 5.82 Å². The van der Waals surface area contributed by atoms with Gasteiger partial charge in [-0.2, -0.15) is 0 Å². The molecule has 0 unspecified atom stereocenters. The fourth-order valence-electron chi connectivity index (χ4n) is 3.55. The Bertz CT molecular complexity index is 1100. The molecule has 154 valence electrons. The maximum absolute atomic E-state index is 12.0. The molecule has 0 radical (unpaired) electrons. The molecule has 1 amide bonds. The van der Waals surface area contributed by atoms with E-state index in [2.05, 4.69) is 40.2 Å². The number of carbonyl (C=O) groups is 1. The average Bonchev–Trinajstić information content (AvgIpc) is 3.41. The summed E-state index contributed by atoms with van der Waals surface area (Å²) in [7, 11) is 0. The molecule has 0 aliphatic carbocycles. The van der Waals surface area contributed by atoms with Crippen LogP contribution in [0.15, 0.2) is 66.0 Å². The number of imidazole rings is 1. The summed E-state index contributed by atoms with van der Waals surface area (Å²) in [5.74, 6) is 1.13. The molecule has 0 spiro atoms. The number of para-hydroxylation sites is 2. The number of nitrogens with zero attached hydrogens (tertiary/aromatic N) is 2. The summed E-state index contributed by atoms with van der Waals surface area (Å²) < 4.78 is 2.30. The molecule has 30 heavy (non-hydrogen) atoms. The Morgan fingerprint density at radius 1 is 1.00 bits per heavy atom. The summed E-state index contributed by atoms with van der Waals surface area (Å²) in [4.78, 5) is 17.6. The van der Waals surface area contributed by atoms with Gasteiger partial charge in [-0.1, -0.05) is 48.4 Å². The maximum Gasteiger partial charge on any atom is 0.261 e. The van der Waals surface area contributed by atoms with Gasteiger partial charge >= 0.3 is 0 Å². The van der Waals surface area contributed by atoms with Crippen LogP contribution in [0.4, 0.5) is 0 Å². The zero-order valence-corrected chi connectivity index (χ0v) is 18.3. The van der Waals surface area contributed by atoms with E-state index in [1.54, 1.807) is 0 Å². The van der Waals surface area contributed by atoms with Crippen molar-refractivity contribution in [3.8, 4) is 0 Å². The SMILES string of the molecule is O=C(NCCCCCc1nc2ccccc2n1Cc1ccc(Cl)cc1)c1cccs1. The normalized spacial score (nSPS) is 11.1. The van der Waals surface area contributed by atoms with Crippen molar-refractivity contribution in [1.29, 1.82) is 0 Å². The fraction of sp³-hybridized carbons (Fsp3) is 0.250. The minimum Gasteiger partial charge on any atom is -0.351 e. The predicted octanol–water partition coefficient (Wildman–Crippen LogP) is 5.94. The molecule has 2 aromatic heterocycles. The Labute approximate surface area is 185 Å². The third-order valence-electron chi connectivity index (χ3n) is 5.10. The van der Waals surface area contributed by atoms with Crippen molar-refractivity contribution in [3.63, 3.8) is 0 Å². The van der Waals surface area contributed by atoms with E-state index in [0.29, 0.717) is 6.54 Å². The van der Waals surface area contributed by atoms with E-state index in [-0.39, 0.29) is 5.91 Å². The molecule has 6 heteroatoms. The van der Waals surface area contributed by atoms with Gasteiger partial charge in [-0.25, -0.2) is 4.98 Å². The van der Waals surface area contributed by atoms with Gasteiger partial charge in [0, 0.05) is 24.5 Å². The highest BCUT2D eigenvalue weighted by Gasteiger charge is 2.11. The minimum absolute atomic E-state index is 0.0229. The number of hydrogen-bond acceptors (Lipinski definition) is 3. The molecule has 1 N–H and O–H groups in total. The first-order valence-electron chi connectivity index (χ1n) is 10.2. The van der Waals surface area contributed by atoms with E-state index in [9.17, 15) is 4.79 Å². The third-order valence-corrected chi connectivity index (χ3v) is 6.22. The lowest BCUT2D eigenvalue weighted by atomic mass is 10.1. The highest BCUT2D eigenvalue weighted by molar-refractivity contribution is 7.12. The molecule has 2 heterocycles. The Hall–Kier alpha value is -2.63. The molecule has 0 saturated carbocycles. The lowest BCUT2D eigenvalue weighted by molar-refractivity contribution is 0.0957. The first-order valence-corrected chi connectivity index (χ1v) is 11.5. The first kappa shape index (κ1) is 20.6. The standard InChI is InChI=1S/C24H24ClN3OS/c25-19-13-11-18(12-14-19)17-28-21-8-4-3-7-20(21)27-23(28)10-2-1-5-15-26-24(29)22-9-6-16-30-22/h3-4,6-9,11-14,16H,1-2,5,10,15,17H2,(H,26,29). The number of nitrogens with one attached hydrogen (secondary N) is 1. The van der Waals surface area contributed by atoms with E-state index < -0.39 is 0 Å². The van der Waals surface area contributed by atoms with Crippen molar-refractivity contribution in [3.05, 3.63) is 87.3 Å². The number of rotatable bonds is 9. The van der Waals surface area contributed by atoms with Gasteiger partial charge in [0.15, 0.2) is 0 Å². The van der Waals surface area contributed by atoms with Gasteiger partial charge in [-0.05, 0) is 54.1 Å². The number of benzene rings is 2. The van der Waals surface area contributed by atoms with Crippen LogP contribution in [0.5, 0.6) is 0 Å². The molecule has 0 bridgehead atoms. The minimum atomic E-state index is 0.0229. The molecule has 0 aliphatic heterocycles. The molecule has 0 aliphatic rings. The Kier molecular flexibility index (Phi) is 6.82. The topological polar surface area (TPSA) is 46.9 Å². The van der Waals surface area contributed by atoms with Gasteiger partial charge < -0.3 is 9.88 Å². The largest absolute Gasteiger partial charge is 0.351 e. The number of fused-ring (bicyclic) bond motifs is 1. The highest BCUT2D eigenvalue weighted by Crippen LogP contribution is 2.20. The van der Waals surface area contributed by atoms with Crippen LogP contribution in [-0.2, 0) is 13.0 Å². The first-order chi connectivity index (χ1) is 14.7. The summed E-state index contributed by atoms with van der Waals surface area (Å²) in [5.41, 5.74) is 3.40. The van der Waals surface area contributed by atoms with Crippen LogP contribution in [-0.4, -0.2) is 22.0 Å². The highest BCUT2D eigenvalue weighted by atomic mass is 35.5. The summed E-state index contributed by atoms with van der Waals surface area (Å²) in [6.07, 6.45) is 3.98. The van der Waals surface area contributed by atoms with Gasteiger partial charge in [0.05, 0.1) is 15.9 Å². The number of carbonyl (C=O) groups excluding carboxylic acids is 1. The summed E-state index contributed by atoms with van der Waals surface area (Å²) >= 11 is 7.50. The molecule has 0 saturated heterocycles. The monoisotopic (exact) mass is 437 g/mol. The molecule has 4 rings (SSSR count). The van der Waals surface area contributed by atoms with Crippen molar-refractivity contribution in [1.82, 2.24) is 14.9 Å². The molecule has 2 aromatic carbocycles. The van der Waals surface area contributed by atoms with Crippen molar-refractivity contribution in [2.45, 2.75) is 32.2 Å². The molecule has 4 aromatic rings. The second kappa shape index (κ2) is 9.92. The summed E-state index contributed by atoms with van der Waals surface area (Å²) in [5, 5.41) is 5.67. The van der Waals surface area contributed by atoms with Crippen LogP contribution in [0.1, 0.15) is 40.3 Å². The number of aryl methyl sites for hydroxylation is 1. The van der Waals surface area contributed by atoms with Crippen LogP contribution in [0.25, 0.3) is 11.0 Å². The third kappa shape index (κ3) is 5.10. The average molecular weight is 438 g/mol. The molecular formula is C24H24ClN3OS. The van der Waals surface area contributed by atoms with Crippen LogP contribution in [0, 0.1) is 0 Å². The lowest BCUT2D eigenvalue weighted by Gasteiger charge is -2.10. The van der Waals surface area contributed by atoms with E-state index >= 15 is 0 Å². The second-order valence-corrected chi connectivity index (χ2v) is 8.66. The van der Waals surface area contributed by atoms with Crippen molar-refractivity contribution < 1.29 is 4.79 Å². The van der Waals surface area contributed by atoms with Crippen molar-refractivity contribution >= 4 is 39.9 Å². The van der Waals surface area contributed by atoms with Gasteiger partial charge in [0.2, 0.25) is 0 Å². The zero-order valence-electron chi connectivity index (χ0n) is 16.7. The second-order valence-electron chi connectivity index (χ2n) is 7.27. The number of hydrogen-bond donors (Lipinski definition) is 1. The van der Waals surface area contributed by atoms with E-state index in [0.717, 1.165) is 59.0 Å². The number of amides is 1. The Balaban J connectivity index is 1.34. The summed E-state index contributed by atoms with van der Waals surface area (Å²) in [6, 6.07) is 20.0.